The molecular weight excluding hydrogens is 150 g/mol. The molecule has 1 unspecified atom stereocenters. The number of aliphatic imine (C=N–C) groups is 1. The van der Waals surface area contributed by atoms with Gasteiger partial charge in [0.2, 0.25) is 5.90 Å². The van der Waals surface area contributed by atoms with E-state index >= 15 is 0 Å². The van der Waals surface area contributed by atoms with Crippen LogP contribution in [0, 0.1) is 5.92 Å². The molecule has 0 amide bonds. The van der Waals surface area contributed by atoms with Gasteiger partial charge in [0.15, 0.2) is 0 Å². The SMILES string of the molecule is C/C=C(\C)C1=NC(C(C)C)CO1. The van der Waals surface area contributed by atoms with E-state index in [0.717, 1.165) is 18.1 Å². The van der Waals surface area contributed by atoms with Gasteiger partial charge in [0, 0.05) is 5.57 Å². The van der Waals surface area contributed by atoms with Crippen molar-refractivity contribution in [2.75, 3.05) is 6.61 Å². The van der Waals surface area contributed by atoms with Crippen LogP contribution in [-0.4, -0.2) is 18.5 Å². The van der Waals surface area contributed by atoms with Crippen molar-refractivity contribution in [1.29, 1.82) is 0 Å². The number of nitrogens with zero attached hydrogens (tertiary/aromatic N) is 1. The Morgan fingerprint density at radius 3 is 2.75 bits per heavy atom. The summed E-state index contributed by atoms with van der Waals surface area (Å²) in [5, 5.41) is 0. The van der Waals surface area contributed by atoms with Gasteiger partial charge in [0.1, 0.15) is 6.61 Å². The molecule has 68 valence electrons. The molecule has 1 rings (SSSR count). The molecule has 0 aromatic heterocycles. The van der Waals surface area contributed by atoms with Gasteiger partial charge in [-0.2, -0.15) is 0 Å². The fourth-order valence-electron chi connectivity index (χ4n) is 1.07. The van der Waals surface area contributed by atoms with E-state index in [9.17, 15) is 0 Å². The summed E-state index contributed by atoms with van der Waals surface area (Å²) >= 11 is 0. The van der Waals surface area contributed by atoms with Crippen LogP contribution in [-0.2, 0) is 4.74 Å². The zero-order valence-corrected chi connectivity index (χ0v) is 8.29. The van der Waals surface area contributed by atoms with Crippen molar-refractivity contribution in [3.63, 3.8) is 0 Å². The van der Waals surface area contributed by atoms with Crippen molar-refractivity contribution in [2.45, 2.75) is 33.7 Å². The Morgan fingerprint density at radius 2 is 2.33 bits per heavy atom. The van der Waals surface area contributed by atoms with Crippen molar-refractivity contribution in [3.8, 4) is 0 Å². The van der Waals surface area contributed by atoms with Gasteiger partial charge in [-0.05, 0) is 19.8 Å². The predicted molar refractivity (Wildman–Crippen MR) is 51.4 cm³/mol. The van der Waals surface area contributed by atoms with E-state index in [1.54, 1.807) is 0 Å². The molecule has 0 fully saturated rings. The molecule has 0 aromatic rings. The average Bonchev–Trinajstić information content (AvgIpc) is 2.51. The van der Waals surface area contributed by atoms with Gasteiger partial charge in [-0.15, -0.1) is 0 Å². The number of hydrogen-bond donors (Lipinski definition) is 0. The van der Waals surface area contributed by atoms with Crippen molar-refractivity contribution in [3.05, 3.63) is 11.6 Å². The number of hydrogen-bond acceptors (Lipinski definition) is 2. The fourth-order valence-corrected chi connectivity index (χ4v) is 1.07. The minimum Gasteiger partial charge on any atom is -0.475 e. The Morgan fingerprint density at radius 1 is 1.67 bits per heavy atom. The minimum atomic E-state index is 0.356. The van der Waals surface area contributed by atoms with E-state index in [2.05, 4.69) is 18.8 Å². The first-order valence-corrected chi connectivity index (χ1v) is 4.49. The lowest BCUT2D eigenvalue weighted by Crippen LogP contribution is -2.13. The monoisotopic (exact) mass is 167 g/mol. The highest BCUT2D eigenvalue weighted by molar-refractivity contribution is 5.93. The lowest BCUT2D eigenvalue weighted by molar-refractivity contribution is 0.291. The van der Waals surface area contributed by atoms with Gasteiger partial charge in [-0.25, -0.2) is 4.99 Å². The highest BCUT2D eigenvalue weighted by atomic mass is 16.5. The van der Waals surface area contributed by atoms with Crippen LogP contribution in [0.2, 0.25) is 0 Å². The van der Waals surface area contributed by atoms with Crippen LogP contribution in [0.3, 0.4) is 0 Å². The molecule has 0 saturated carbocycles. The largest absolute Gasteiger partial charge is 0.475 e. The van der Waals surface area contributed by atoms with Gasteiger partial charge in [-0.1, -0.05) is 19.9 Å². The molecule has 12 heavy (non-hydrogen) atoms. The molecule has 0 aromatic carbocycles. The summed E-state index contributed by atoms with van der Waals surface area (Å²) in [4.78, 5) is 4.48. The third-order valence-corrected chi connectivity index (χ3v) is 2.21. The molecule has 1 aliphatic heterocycles. The van der Waals surface area contributed by atoms with Gasteiger partial charge in [0.05, 0.1) is 6.04 Å². The Hall–Kier alpha value is -0.790. The number of allylic oxidation sites excluding steroid dienone is 1. The summed E-state index contributed by atoms with van der Waals surface area (Å²) in [5.41, 5.74) is 1.14. The maximum atomic E-state index is 5.46. The highest BCUT2D eigenvalue weighted by Crippen LogP contribution is 2.16. The molecule has 2 heteroatoms. The minimum absolute atomic E-state index is 0.356. The Balaban J connectivity index is 2.66. The first kappa shape index (κ1) is 9.30. The molecule has 2 nitrogen and oxygen atoms in total. The molecular formula is C10H17NO. The normalized spacial score (nSPS) is 24.2. The Kier molecular flexibility index (Phi) is 2.90. The molecule has 0 bridgehead atoms. The maximum absolute atomic E-state index is 5.46. The first-order valence-electron chi connectivity index (χ1n) is 4.49. The zero-order valence-electron chi connectivity index (χ0n) is 8.29. The van der Waals surface area contributed by atoms with E-state index in [1.807, 2.05) is 19.9 Å². The van der Waals surface area contributed by atoms with Crippen LogP contribution in [0.5, 0.6) is 0 Å². The standard InChI is InChI=1S/C10H17NO/c1-5-8(4)10-11-9(6-12-10)7(2)3/h5,7,9H,6H2,1-4H3/b8-5+. The van der Waals surface area contributed by atoms with Gasteiger partial charge in [-0.3, -0.25) is 0 Å². The van der Waals surface area contributed by atoms with Crippen LogP contribution >= 0.6 is 0 Å². The predicted octanol–water partition coefficient (Wildman–Crippen LogP) is 2.41. The second-order valence-electron chi connectivity index (χ2n) is 3.53. The molecule has 0 N–H and O–H groups in total. The van der Waals surface area contributed by atoms with E-state index in [0.29, 0.717) is 12.0 Å². The summed E-state index contributed by atoms with van der Waals surface area (Å²) in [7, 11) is 0. The van der Waals surface area contributed by atoms with Crippen molar-refractivity contribution in [1.82, 2.24) is 0 Å². The molecule has 1 atom stereocenters. The molecule has 1 heterocycles. The summed E-state index contributed by atoms with van der Waals surface area (Å²) < 4.78 is 5.46. The Labute approximate surface area is 74.3 Å². The summed E-state index contributed by atoms with van der Waals surface area (Å²) in [6.45, 7) is 9.13. The van der Waals surface area contributed by atoms with Crippen LogP contribution in [0.4, 0.5) is 0 Å². The lowest BCUT2D eigenvalue weighted by Gasteiger charge is -2.06. The first-order chi connectivity index (χ1) is 5.65. The van der Waals surface area contributed by atoms with Gasteiger partial charge < -0.3 is 4.74 Å². The quantitative estimate of drug-likeness (QED) is 0.619. The summed E-state index contributed by atoms with van der Waals surface area (Å²) in [6.07, 6.45) is 2.03. The Bertz CT molecular complexity index is 216. The third-order valence-electron chi connectivity index (χ3n) is 2.21. The van der Waals surface area contributed by atoms with E-state index in [4.69, 9.17) is 4.74 Å². The smallest absolute Gasteiger partial charge is 0.211 e. The van der Waals surface area contributed by atoms with Crippen molar-refractivity contribution >= 4 is 5.90 Å². The van der Waals surface area contributed by atoms with E-state index in [-0.39, 0.29) is 0 Å². The van der Waals surface area contributed by atoms with Crippen LogP contribution in [0.1, 0.15) is 27.7 Å². The average molecular weight is 167 g/mol. The molecule has 0 radical (unpaired) electrons. The molecule has 0 aliphatic carbocycles. The lowest BCUT2D eigenvalue weighted by atomic mass is 10.1. The third kappa shape index (κ3) is 1.87. The van der Waals surface area contributed by atoms with Gasteiger partial charge in [0.25, 0.3) is 0 Å². The topological polar surface area (TPSA) is 21.6 Å². The van der Waals surface area contributed by atoms with E-state index in [1.165, 1.54) is 0 Å². The highest BCUT2D eigenvalue weighted by Gasteiger charge is 2.21. The summed E-state index contributed by atoms with van der Waals surface area (Å²) in [6, 6.07) is 0.356. The summed E-state index contributed by atoms with van der Waals surface area (Å²) in [5.74, 6) is 1.41. The zero-order chi connectivity index (χ0) is 9.14. The van der Waals surface area contributed by atoms with Crippen molar-refractivity contribution in [2.24, 2.45) is 10.9 Å². The molecule has 0 saturated heterocycles. The van der Waals surface area contributed by atoms with Gasteiger partial charge >= 0.3 is 0 Å². The number of ether oxygens (including phenoxy) is 1. The van der Waals surface area contributed by atoms with Crippen LogP contribution in [0.15, 0.2) is 16.6 Å². The second kappa shape index (κ2) is 3.74. The molecule has 1 aliphatic rings. The molecule has 0 spiro atoms. The van der Waals surface area contributed by atoms with E-state index < -0.39 is 0 Å². The van der Waals surface area contributed by atoms with Crippen LogP contribution < -0.4 is 0 Å². The maximum Gasteiger partial charge on any atom is 0.211 e. The van der Waals surface area contributed by atoms with Crippen molar-refractivity contribution < 1.29 is 4.74 Å². The fraction of sp³-hybridized carbons (Fsp3) is 0.700. The second-order valence-corrected chi connectivity index (χ2v) is 3.53. The number of rotatable bonds is 2. The van der Waals surface area contributed by atoms with Crippen LogP contribution in [0.25, 0.3) is 0 Å².